The number of nitrogens with one attached hydrogen (secondary N) is 2. The molecule has 0 radical (unpaired) electrons. The highest BCUT2D eigenvalue weighted by molar-refractivity contribution is 6.35. The summed E-state index contributed by atoms with van der Waals surface area (Å²) in [6.45, 7) is -0.669. The summed E-state index contributed by atoms with van der Waals surface area (Å²) in [5, 5.41) is 5.27. The number of hydrogen-bond donors (Lipinski definition) is 2. The first kappa shape index (κ1) is 22.5. The third-order valence-electron chi connectivity index (χ3n) is 5.48. The fraction of sp³-hybridized carbons (Fsp3) is 0.261. The number of benzene rings is 2. The minimum absolute atomic E-state index is 0.00365. The van der Waals surface area contributed by atoms with Gasteiger partial charge in [-0.25, -0.2) is 14.5 Å². The lowest BCUT2D eigenvalue weighted by Gasteiger charge is -2.13. The zero-order chi connectivity index (χ0) is 23.5. The number of anilines is 1. The van der Waals surface area contributed by atoms with Crippen LogP contribution in [0.2, 0.25) is 5.02 Å². The second-order valence-electron chi connectivity index (χ2n) is 7.76. The second-order valence-corrected chi connectivity index (χ2v) is 8.20. The minimum atomic E-state index is -0.866. The number of hydrogen-bond acceptors (Lipinski definition) is 6. The Morgan fingerprint density at radius 3 is 2.33 bits per heavy atom. The maximum absolute atomic E-state index is 12.8. The van der Waals surface area contributed by atoms with Crippen LogP contribution in [0.5, 0.6) is 0 Å². The molecule has 0 aromatic heterocycles. The first-order valence-corrected chi connectivity index (χ1v) is 10.8. The summed E-state index contributed by atoms with van der Waals surface area (Å²) in [4.78, 5) is 62.6. The molecule has 2 aromatic rings. The molecule has 0 spiro atoms. The highest BCUT2D eigenvalue weighted by Gasteiger charge is 2.37. The number of imide groups is 2. The SMILES string of the molecule is O=C(COC(=O)c1ccc2c(c1)C(=O)N(c1ccc(Cl)cc1)C2=O)NC(=O)NC1CCCC1. The van der Waals surface area contributed by atoms with E-state index >= 15 is 0 Å². The van der Waals surface area contributed by atoms with Crippen LogP contribution >= 0.6 is 11.6 Å². The number of urea groups is 1. The Morgan fingerprint density at radius 1 is 0.970 bits per heavy atom. The number of halogens is 1. The standard InChI is InChI=1S/C23H20ClN3O6/c24-14-6-8-16(9-7-14)27-20(29)17-10-5-13(11-18(17)21(27)30)22(31)33-12-19(28)26-23(32)25-15-3-1-2-4-15/h5-11,15H,1-4,12H2,(H2,25,26,28,32). The molecular weight excluding hydrogens is 450 g/mol. The first-order valence-electron chi connectivity index (χ1n) is 10.4. The van der Waals surface area contributed by atoms with Crippen LogP contribution in [0.15, 0.2) is 42.5 Å². The van der Waals surface area contributed by atoms with E-state index in [1.807, 2.05) is 0 Å². The zero-order valence-electron chi connectivity index (χ0n) is 17.4. The Morgan fingerprint density at radius 2 is 1.64 bits per heavy atom. The fourth-order valence-electron chi connectivity index (χ4n) is 3.86. The number of carbonyl (C=O) groups excluding carboxylic acids is 5. The van der Waals surface area contributed by atoms with Crippen molar-refractivity contribution in [3.05, 3.63) is 64.2 Å². The lowest BCUT2D eigenvalue weighted by atomic mass is 10.1. The quantitative estimate of drug-likeness (QED) is 0.512. The predicted molar refractivity (Wildman–Crippen MR) is 118 cm³/mol. The molecule has 1 fully saturated rings. The molecule has 1 aliphatic carbocycles. The Labute approximate surface area is 194 Å². The Bertz CT molecular complexity index is 1140. The Balaban J connectivity index is 1.37. The summed E-state index contributed by atoms with van der Waals surface area (Å²) in [6.07, 6.45) is 3.79. The van der Waals surface area contributed by atoms with Gasteiger partial charge in [0.25, 0.3) is 17.7 Å². The smallest absolute Gasteiger partial charge is 0.338 e. The van der Waals surface area contributed by atoms with Crippen molar-refractivity contribution in [3.8, 4) is 0 Å². The van der Waals surface area contributed by atoms with Crippen LogP contribution < -0.4 is 15.5 Å². The van der Waals surface area contributed by atoms with Crippen LogP contribution in [-0.4, -0.2) is 42.4 Å². The summed E-state index contributed by atoms with van der Waals surface area (Å²) in [7, 11) is 0. The topological polar surface area (TPSA) is 122 Å². The van der Waals surface area contributed by atoms with Gasteiger partial charge in [-0.05, 0) is 55.3 Å². The predicted octanol–water partition coefficient (Wildman–Crippen LogP) is 3.07. The molecule has 170 valence electrons. The molecule has 0 bridgehead atoms. The largest absolute Gasteiger partial charge is 0.452 e. The van der Waals surface area contributed by atoms with Crippen molar-refractivity contribution >= 4 is 47.0 Å². The van der Waals surface area contributed by atoms with Crippen molar-refractivity contribution < 1.29 is 28.7 Å². The number of carbonyl (C=O) groups is 5. The van der Waals surface area contributed by atoms with Crippen LogP contribution in [0, 0.1) is 0 Å². The molecular formula is C23H20ClN3O6. The molecule has 1 aliphatic heterocycles. The summed E-state index contributed by atoms with van der Waals surface area (Å²) >= 11 is 5.86. The lowest BCUT2D eigenvalue weighted by molar-refractivity contribution is -0.123. The molecule has 0 saturated heterocycles. The number of amides is 5. The Hall–Kier alpha value is -3.72. The van der Waals surface area contributed by atoms with E-state index in [1.165, 1.54) is 18.2 Å². The average Bonchev–Trinajstić information content (AvgIpc) is 3.39. The van der Waals surface area contributed by atoms with Gasteiger partial charge >= 0.3 is 12.0 Å². The van der Waals surface area contributed by atoms with E-state index in [1.54, 1.807) is 24.3 Å². The van der Waals surface area contributed by atoms with Gasteiger partial charge in [0.05, 0.1) is 22.4 Å². The fourth-order valence-corrected chi connectivity index (χ4v) is 3.99. The molecule has 1 saturated carbocycles. The number of esters is 1. The van der Waals surface area contributed by atoms with Gasteiger partial charge in [0.1, 0.15) is 0 Å². The van der Waals surface area contributed by atoms with Crippen LogP contribution in [0.3, 0.4) is 0 Å². The van der Waals surface area contributed by atoms with Gasteiger partial charge < -0.3 is 10.1 Å². The molecule has 5 amide bonds. The molecule has 0 atom stereocenters. The van der Waals surface area contributed by atoms with Gasteiger partial charge in [0.2, 0.25) is 0 Å². The summed E-state index contributed by atoms with van der Waals surface area (Å²) in [5.74, 6) is -2.76. The highest BCUT2D eigenvalue weighted by atomic mass is 35.5. The van der Waals surface area contributed by atoms with Gasteiger partial charge in [-0.1, -0.05) is 24.4 Å². The summed E-state index contributed by atoms with van der Waals surface area (Å²) in [6, 6.07) is 9.55. The van der Waals surface area contributed by atoms with E-state index in [0.717, 1.165) is 30.6 Å². The van der Waals surface area contributed by atoms with Crippen molar-refractivity contribution in [2.24, 2.45) is 0 Å². The lowest BCUT2D eigenvalue weighted by Crippen LogP contribution is -2.45. The molecule has 2 aliphatic rings. The van der Waals surface area contributed by atoms with Crippen molar-refractivity contribution in [3.63, 3.8) is 0 Å². The normalized spacial score (nSPS) is 15.4. The molecule has 4 rings (SSSR count). The molecule has 10 heteroatoms. The van der Waals surface area contributed by atoms with Crippen molar-refractivity contribution in [2.75, 3.05) is 11.5 Å². The van der Waals surface area contributed by atoms with E-state index in [2.05, 4.69) is 10.6 Å². The second kappa shape index (κ2) is 9.41. The van der Waals surface area contributed by atoms with E-state index in [9.17, 15) is 24.0 Å². The van der Waals surface area contributed by atoms with Gasteiger partial charge in [0.15, 0.2) is 6.61 Å². The van der Waals surface area contributed by atoms with Gasteiger partial charge in [0, 0.05) is 11.1 Å². The van der Waals surface area contributed by atoms with Gasteiger partial charge in [-0.15, -0.1) is 0 Å². The molecule has 9 nitrogen and oxygen atoms in total. The van der Waals surface area contributed by atoms with Crippen LogP contribution in [-0.2, 0) is 9.53 Å². The Kier molecular flexibility index (Phi) is 6.41. The summed E-state index contributed by atoms with van der Waals surface area (Å²) in [5.41, 5.74) is 0.538. The zero-order valence-corrected chi connectivity index (χ0v) is 18.2. The van der Waals surface area contributed by atoms with Crippen LogP contribution in [0.4, 0.5) is 10.5 Å². The minimum Gasteiger partial charge on any atom is -0.452 e. The molecule has 33 heavy (non-hydrogen) atoms. The van der Waals surface area contributed by atoms with E-state index in [0.29, 0.717) is 10.7 Å². The van der Waals surface area contributed by atoms with Gasteiger partial charge in [-0.2, -0.15) is 0 Å². The third kappa shape index (κ3) is 4.88. The molecule has 2 aromatic carbocycles. The van der Waals surface area contributed by atoms with E-state index in [-0.39, 0.29) is 22.7 Å². The van der Waals surface area contributed by atoms with Crippen molar-refractivity contribution in [1.29, 1.82) is 0 Å². The monoisotopic (exact) mass is 469 g/mol. The number of ether oxygens (including phenoxy) is 1. The number of fused-ring (bicyclic) bond motifs is 1. The van der Waals surface area contributed by atoms with Crippen LogP contribution in [0.1, 0.15) is 56.8 Å². The van der Waals surface area contributed by atoms with Crippen molar-refractivity contribution in [2.45, 2.75) is 31.7 Å². The molecule has 2 N–H and O–H groups in total. The van der Waals surface area contributed by atoms with E-state index in [4.69, 9.17) is 16.3 Å². The summed E-state index contributed by atoms with van der Waals surface area (Å²) < 4.78 is 4.95. The highest BCUT2D eigenvalue weighted by Crippen LogP contribution is 2.30. The average molecular weight is 470 g/mol. The molecule has 1 heterocycles. The third-order valence-corrected chi connectivity index (χ3v) is 5.74. The van der Waals surface area contributed by atoms with Gasteiger partial charge in [-0.3, -0.25) is 19.7 Å². The first-order chi connectivity index (χ1) is 15.8. The number of rotatable bonds is 5. The van der Waals surface area contributed by atoms with Crippen molar-refractivity contribution in [1.82, 2.24) is 10.6 Å². The maximum Gasteiger partial charge on any atom is 0.338 e. The van der Waals surface area contributed by atoms with Crippen LogP contribution in [0.25, 0.3) is 0 Å². The maximum atomic E-state index is 12.8. The number of nitrogens with zero attached hydrogens (tertiary/aromatic N) is 1. The van der Waals surface area contributed by atoms with E-state index < -0.39 is 36.3 Å². The molecule has 0 unspecified atom stereocenters.